The van der Waals surface area contributed by atoms with Gasteiger partial charge in [0.2, 0.25) is 0 Å². The minimum absolute atomic E-state index is 0.421. The molecule has 0 fully saturated rings. The van der Waals surface area contributed by atoms with Gasteiger partial charge >= 0.3 is 5.97 Å². The zero-order valence-electron chi connectivity index (χ0n) is 15.6. The third-order valence-electron chi connectivity index (χ3n) is 3.76. The van der Waals surface area contributed by atoms with E-state index >= 15 is 0 Å². The van der Waals surface area contributed by atoms with E-state index in [1.54, 1.807) is 23.9 Å². The second-order valence-electron chi connectivity index (χ2n) is 6.94. The SMILES string of the molecule is CCSC1=C(C#N)[C@H](c2ccc(Cl)cc2)C(C(=O)OC(C)(C)C)=C(C)N1. The number of carbonyl (C=O) groups excluding carboxylic acids is 1. The molecule has 0 unspecified atom stereocenters. The van der Waals surface area contributed by atoms with Crippen LogP contribution in [0.4, 0.5) is 0 Å². The van der Waals surface area contributed by atoms with Crippen molar-refractivity contribution in [3.05, 3.63) is 56.7 Å². The standard InChI is InChI=1S/C20H23ClN2O2S/c1-6-26-18-15(11-22)17(13-7-9-14(21)10-8-13)16(12(2)23-18)19(24)25-20(3,4)5/h7-10,17,23H,6H2,1-5H3/t17-/m0/s1. The number of rotatable bonds is 4. The highest BCUT2D eigenvalue weighted by atomic mass is 35.5. The summed E-state index contributed by atoms with van der Waals surface area (Å²) >= 11 is 7.57. The molecule has 0 aromatic heterocycles. The molecule has 0 bridgehead atoms. The summed E-state index contributed by atoms with van der Waals surface area (Å²) in [6.45, 7) is 9.34. The molecule has 6 heteroatoms. The van der Waals surface area contributed by atoms with E-state index in [1.165, 1.54) is 0 Å². The molecule has 0 saturated carbocycles. The van der Waals surface area contributed by atoms with Crippen LogP contribution >= 0.6 is 23.4 Å². The van der Waals surface area contributed by atoms with Gasteiger partial charge in [-0.2, -0.15) is 5.26 Å². The van der Waals surface area contributed by atoms with Crippen LogP contribution in [-0.4, -0.2) is 17.3 Å². The van der Waals surface area contributed by atoms with E-state index in [0.29, 0.717) is 21.9 Å². The number of ether oxygens (including phenoxy) is 1. The Morgan fingerprint density at radius 2 is 1.96 bits per heavy atom. The summed E-state index contributed by atoms with van der Waals surface area (Å²) in [6, 6.07) is 9.52. The summed E-state index contributed by atoms with van der Waals surface area (Å²) < 4.78 is 5.61. The number of hydrogen-bond acceptors (Lipinski definition) is 5. The van der Waals surface area contributed by atoms with Crippen molar-refractivity contribution < 1.29 is 9.53 Å². The van der Waals surface area contributed by atoms with E-state index < -0.39 is 17.5 Å². The van der Waals surface area contributed by atoms with Gasteiger partial charge in [0.25, 0.3) is 0 Å². The number of nitrogens with one attached hydrogen (secondary N) is 1. The Hall–Kier alpha value is -1.90. The Kier molecular flexibility index (Phi) is 6.44. The largest absolute Gasteiger partial charge is 0.457 e. The predicted octanol–water partition coefficient (Wildman–Crippen LogP) is 5.13. The molecular weight excluding hydrogens is 368 g/mol. The van der Waals surface area contributed by atoms with Gasteiger partial charge in [0.15, 0.2) is 0 Å². The quantitative estimate of drug-likeness (QED) is 0.722. The molecule has 1 aliphatic heterocycles. The summed E-state index contributed by atoms with van der Waals surface area (Å²) in [5, 5.41) is 14.4. The van der Waals surface area contributed by atoms with Crippen molar-refractivity contribution in [2.45, 2.75) is 46.1 Å². The van der Waals surface area contributed by atoms with E-state index in [2.05, 4.69) is 11.4 Å². The van der Waals surface area contributed by atoms with Gasteiger partial charge < -0.3 is 10.1 Å². The number of benzene rings is 1. The zero-order chi connectivity index (χ0) is 19.5. The van der Waals surface area contributed by atoms with Gasteiger partial charge in [0.05, 0.1) is 28.2 Å². The van der Waals surface area contributed by atoms with Crippen LogP contribution < -0.4 is 5.32 Å². The van der Waals surface area contributed by atoms with Crippen molar-refractivity contribution in [3.63, 3.8) is 0 Å². The summed E-state index contributed by atoms with van der Waals surface area (Å²) in [4.78, 5) is 12.9. The van der Waals surface area contributed by atoms with Crippen molar-refractivity contribution >= 4 is 29.3 Å². The van der Waals surface area contributed by atoms with Crippen LogP contribution in [0.1, 0.15) is 46.1 Å². The number of nitrogens with zero attached hydrogens (tertiary/aromatic N) is 1. The number of carbonyl (C=O) groups is 1. The summed E-state index contributed by atoms with van der Waals surface area (Å²) in [5.74, 6) is -0.0891. The first-order valence-electron chi connectivity index (χ1n) is 8.41. The van der Waals surface area contributed by atoms with Crippen LogP contribution in [0.15, 0.2) is 46.1 Å². The van der Waals surface area contributed by atoms with Gasteiger partial charge in [0.1, 0.15) is 5.60 Å². The van der Waals surface area contributed by atoms with Crippen LogP contribution in [0.5, 0.6) is 0 Å². The van der Waals surface area contributed by atoms with Crippen LogP contribution in [0.25, 0.3) is 0 Å². The number of allylic oxidation sites excluding steroid dienone is 2. The lowest BCUT2D eigenvalue weighted by Crippen LogP contribution is -2.32. The van der Waals surface area contributed by atoms with Gasteiger partial charge in [-0.25, -0.2) is 4.79 Å². The molecule has 2 rings (SSSR count). The molecule has 1 N–H and O–H groups in total. The van der Waals surface area contributed by atoms with Gasteiger partial charge in [-0.05, 0) is 51.1 Å². The molecule has 0 saturated heterocycles. The Morgan fingerprint density at radius 3 is 2.46 bits per heavy atom. The van der Waals surface area contributed by atoms with Crippen molar-refractivity contribution in [1.29, 1.82) is 5.26 Å². The fourth-order valence-electron chi connectivity index (χ4n) is 2.76. The number of nitriles is 1. The number of esters is 1. The van der Waals surface area contributed by atoms with Crippen LogP contribution in [0.2, 0.25) is 5.02 Å². The minimum Gasteiger partial charge on any atom is -0.457 e. The fourth-order valence-corrected chi connectivity index (χ4v) is 3.72. The van der Waals surface area contributed by atoms with Gasteiger partial charge in [-0.15, -0.1) is 11.8 Å². The zero-order valence-corrected chi connectivity index (χ0v) is 17.2. The lowest BCUT2D eigenvalue weighted by molar-refractivity contribution is -0.150. The second-order valence-corrected chi connectivity index (χ2v) is 8.65. The van der Waals surface area contributed by atoms with Crippen molar-refractivity contribution in [3.8, 4) is 6.07 Å². The third-order valence-corrected chi connectivity index (χ3v) is 4.91. The molecule has 1 heterocycles. The molecule has 0 spiro atoms. The first-order chi connectivity index (χ1) is 12.2. The molecule has 1 aliphatic rings. The molecule has 0 aliphatic carbocycles. The number of dihydropyridines is 1. The molecule has 1 aromatic carbocycles. The lowest BCUT2D eigenvalue weighted by atomic mass is 9.82. The van der Waals surface area contributed by atoms with Crippen molar-refractivity contribution in [2.75, 3.05) is 5.75 Å². The lowest BCUT2D eigenvalue weighted by Gasteiger charge is -2.31. The van der Waals surface area contributed by atoms with Crippen molar-refractivity contribution in [2.24, 2.45) is 0 Å². The topological polar surface area (TPSA) is 62.1 Å². The molecule has 1 atom stereocenters. The maximum absolute atomic E-state index is 12.9. The van der Waals surface area contributed by atoms with E-state index in [0.717, 1.165) is 16.3 Å². The molecule has 26 heavy (non-hydrogen) atoms. The summed E-state index contributed by atoms with van der Waals surface area (Å²) in [6.07, 6.45) is 0. The monoisotopic (exact) mass is 390 g/mol. The summed E-state index contributed by atoms with van der Waals surface area (Å²) in [7, 11) is 0. The second kappa shape index (κ2) is 8.20. The third kappa shape index (κ3) is 4.63. The average molecular weight is 391 g/mol. The number of hydrogen-bond donors (Lipinski definition) is 1. The highest BCUT2D eigenvalue weighted by Crippen LogP contribution is 2.41. The van der Waals surface area contributed by atoms with Gasteiger partial charge in [-0.3, -0.25) is 0 Å². The van der Waals surface area contributed by atoms with Crippen LogP contribution in [0.3, 0.4) is 0 Å². The number of halogens is 1. The molecule has 138 valence electrons. The molecular formula is C20H23ClN2O2S. The van der Waals surface area contributed by atoms with Gasteiger partial charge in [0, 0.05) is 10.7 Å². The van der Waals surface area contributed by atoms with Crippen LogP contribution in [0, 0.1) is 11.3 Å². The summed E-state index contributed by atoms with van der Waals surface area (Å²) in [5.41, 5.74) is 1.89. The maximum Gasteiger partial charge on any atom is 0.337 e. The van der Waals surface area contributed by atoms with E-state index in [4.69, 9.17) is 16.3 Å². The Morgan fingerprint density at radius 1 is 1.35 bits per heavy atom. The molecule has 0 amide bonds. The molecule has 1 aromatic rings. The Bertz CT molecular complexity index is 799. The van der Waals surface area contributed by atoms with Gasteiger partial charge in [-0.1, -0.05) is 30.7 Å². The molecule has 0 radical (unpaired) electrons. The molecule has 4 nitrogen and oxygen atoms in total. The maximum atomic E-state index is 12.9. The normalized spacial score (nSPS) is 17.7. The Labute approximate surface area is 164 Å². The van der Waals surface area contributed by atoms with E-state index in [-0.39, 0.29) is 0 Å². The first kappa shape index (κ1) is 20.4. The fraction of sp³-hybridized carbons (Fsp3) is 0.400. The van der Waals surface area contributed by atoms with E-state index in [9.17, 15) is 10.1 Å². The highest BCUT2D eigenvalue weighted by Gasteiger charge is 2.36. The number of thioether (sulfide) groups is 1. The Balaban J connectivity index is 2.60. The minimum atomic E-state index is -0.621. The highest BCUT2D eigenvalue weighted by molar-refractivity contribution is 8.03. The first-order valence-corrected chi connectivity index (χ1v) is 9.78. The predicted molar refractivity (Wildman–Crippen MR) is 107 cm³/mol. The average Bonchev–Trinajstić information content (AvgIpc) is 2.53. The van der Waals surface area contributed by atoms with Crippen LogP contribution in [-0.2, 0) is 9.53 Å². The van der Waals surface area contributed by atoms with E-state index in [1.807, 2.05) is 46.8 Å². The smallest absolute Gasteiger partial charge is 0.337 e. The van der Waals surface area contributed by atoms with Crippen molar-refractivity contribution in [1.82, 2.24) is 5.32 Å².